The highest BCUT2D eigenvalue weighted by atomic mass is 35.5. The Balaban J connectivity index is 1.87. The highest BCUT2D eigenvalue weighted by Gasteiger charge is 2.44. The minimum Gasteiger partial charge on any atom is -0.496 e. The third-order valence-electron chi connectivity index (χ3n) is 7.50. The normalized spacial score (nSPS) is 23.1. The number of aliphatic hydroxyl groups excluding tert-OH is 4. The number of carbonyl (C=O) groups excluding carboxylic acids is 1. The molecule has 6 atom stereocenters. The summed E-state index contributed by atoms with van der Waals surface area (Å²) in [4.78, 5) is 11.8. The van der Waals surface area contributed by atoms with Crippen LogP contribution in [0.4, 0.5) is 0 Å². The van der Waals surface area contributed by atoms with E-state index in [1.165, 1.54) is 13.2 Å². The lowest BCUT2D eigenvalue weighted by molar-refractivity contribution is -0.277. The summed E-state index contributed by atoms with van der Waals surface area (Å²) in [5.74, 6) is 0.965. The number of rotatable bonds is 14. The summed E-state index contributed by atoms with van der Waals surface area (Å²) in [6.45, 7) is 7.51. The van der Waals surface area contributed by atoms with Crippen molar-refractivity contribution in [2.45, 2.75) is 64.0 Å². The van der Waals surface area contributed by atoms with Crippen molar-refractivity contribution < 1.29 is 48.9 Å². The fourth-order valence-electron chi connectivity index (χ4n) is 4.89. The molecule has 1 saturated heterocycles. The van der Waals surface area contributed by atoms with E-state index in [0.29, 0.717) is 33.4 Å². The maximum atomic E-state index is 11.8. The first kappa shape index (κ1) is 35.1. The topological polar surface area (TPSA) is 144 Å². The molecular formula is C33H41ClO10. The predicted molar refractivity (Wildman–Crippen MR) is 166 cm³/mol. The van der Waals surface area contributed by atoms with Crippen LogP contribution >= 0.6 is 11.6 Å². The van der Waals surface area contributed by atoms with E-state index in [0.717, 1.165) is 24.0 Å². The van der Waals surface area contributed by atoms with Crippen LogP contribution in [0.25, 0.3) is 11.8 Å². The van der Waals surface area contributed by atoms with Gasteiger partial charge in [0.15, 0.2) is 0 Å². The molecule has 0 aliphatic carbocycles. The Kier molecular flexibility index (Phi) is 13.3. The van der Waals surface area contributed by atoms with Gasteiger partial charge in [0.25, 0.3) is 0 Å². The van der Waals surface area contributed by atoms with Crippen molar-refractivity contribution in [1.82, 2.24) is 0 Å². The van der Waals surface area contributed by atoms with Gasteiger partial charge in [-0.1, -0.05) is 42.8 Å². The van der Waals surface area contributed by atoms with E-state index in [9.17, 15) is 25.2 Å². The lowest BCUT2D eigenvalue weighted by atomic mass is 9.91. The number of hydrogen-bond donors (Lipinski definition) is 4. The van der Waals surface area contributed by atoms with Crippen LogP contribution in [0.15, 0.2) is 60.7 Å². The molecule has 0 aromatic heterocycles. The molecule has 10 nitrogen and oxygen atoms in total. The second kappa shape index (κ2) is 16.6. The summed E-state index contributed by atoms with van der Waals surface area (Å²) in [5, 5.41) is 40.0. The molecule has 3 rings (SSSR count). The minimum absolute atomic E-state index is 0.0988. The quantitative estimate of drug-likeness (QED) is 0.103. The number of methoxy groups -OCH3 is 2. The second-order valence-corrected chi connectivity index (χ2v) is 10.7. The summed E-state index contributed by atoms with van der Waals surface area (Å²) >= 11 is 6.94. The fourth-order valence-corrected chi connectivity index (χ4v) is 5.20. The lowest BCUT2D eigenvalue weighted by Crippen LogP contribution is -2.60. The van der Waals surface area contributed by atoms with Gasteiger partial charge in [0.05, 0.1) is 25.8 Å². The van der Waals surface area contributed by atoms with Gasteiger partial charge in [0.1, 0.15) is 48.3 Å². The van der Waals surface area contributed by atoms with Crippen molar-refractivity contribution in [2.24, 2.45) is 5.92 Å². The zero-order chi connectivity index (χ0) is 32.4. The number of halogens is 1. The first-order valence-corrected chi connectivity index (χ1v) is 14.6. The molecule has 2 aromatic carbocycles. The predicted octanol–water partition coefficient (Wildman–Crippen LogP) is 4.26. The number of carbonyl (C=O) groups is 1. The number of esters is 1. The Labute approximate surface area is 262 Å². The van der Waals surface area contributed by atoms with Gasteiger partial charge in [-0.25, -0.2) is 4.79 Å². The molecule has 1 aliphatic rings. The Morgan fingerprint density at radius 2 is 1.77 bits per heavy atom. The molecule has 0 bridgehead atoms. The number of benzene rings is 2. The van der Waals surface area contributed by atoms with Crippen LogP contribution in [0.1, 0.15) is 43.4 Å². The van der Waals surface area contributed by atoms with E-state index in [4.69, 9.17) is 35.3 Å². The summed E-state index contributed by atoms with van der Waals surface area (Å²) < 4.78 is 27.8. The van der Waals surface area contributed by atoms with Gasteiger partial charge in [-0.15, -0.1) is 6.58 Å². The Morgan fingerprint density at radius 1 is 1.07 bits per heavy atom. The molecule has 0 saturated carbocycles. The molecule has 4 N–H and O–H groups in total. The second-order valence-electron chi connectivity index (χ2n) is 10.3. The smallest absolute Gasteiger partial charge is 0.330 e. The number of ether oxygens (including phenoxy) is 5. The maximum absolute atomic E-state index is 11.8. The largest absolute Gasteiger partial charge is 0.496 e. The average Bonchev–Trinajstić information content (AvgIpc) is 3.03. The van der Waals surface area contributed by atoms with Gasteiger partial charge in [-0.05, 0) is 61.1 Å². The summed E-state index contributed by atoms with van der Waals surface area (Å²) in [6.07, 6.45) is -0.552. The molecule has 0 spiro atoms. The monoisotopic (exact) mass is 632 g/mol. The first-order valence-electron chi connectivity index (χ1n) is 14.2. The SMILES string of the molecule is C=CCC(CC)/C(C)=C(/OC)c1ccc(/C=C/C(=O)OC)c(OCc2ccc(OC3OC(CO)C(O)C(O)C3O)cc2)c1Cl. The van der Waals surface area contributed by atoms with Crippen molar-refractivity contribution >= 4 is 29.4 Å². The third kappa shape index (κ3) is 8.41. The molecule has 2 aromatic rings. The van der Waals surface area contributed by atoms with Gasteiger partial charge in [0, 0.05) is 17.2 Å². The van der Waals surface area contributed by atoms with E-state index in [1.807, 2.05) is 19.1 Å². The van der Waals surface area contributed by atoms with Crippen LogP contribution in [-0.2, 0) is 25.6 Å². The maximum Gasteiger partial charge on any atom is 0.330 e. The molecule has 0 amide bonds. The van der Waals surface area contributed by atoms with Crippen LogP contribution in [0, 0.1) is 5.92 Å². The molecule has 1 heterocycles. The van der Waals surface area contributed by atoms with Crippen molar-refractivity contribution in [2.75, 3.05) is 20.8 Å². The number of hydrogen-bond acceptors (Lipinski definition) is 10. The van der Waals surface area contributed by atoms with Gasteiger partial charge in [-0.3, -0.25) is 0 Å². The van der Waals surface area contributed by atoms with Gasteiger partial charge >= 0.3 is 5.97 Å². The van der Waals surface area contributed by atoms with E-state index in [-0.39, 0.29) is 12.5 Å². The Hall–Kier alpha value is -3.38. The standard InChI is InChI=1S/C33H41ClO10/c1-6-8-21(7-2)19(3)31(41-5)24-15-11-22(12-16-26(36)40-4)32(27(24)34)42-18-20-9-13-23(14-10-20)43-33-30(39)29(38)28(37)25(17-35)44-33/h6,9-16,21,25,28-30,33,35,37-39H,1,7-8,17-18H2,2-5H3/b16-12+,31-19+. The zero-order valence-electron chi connectivity index (χ0n) is 25.3. The highest BCUT2D eigenvalue weighted by Crippen LogP contribution is 2.40. The summed E-state index contributed by atoms with van der Waals surface area (Å²) in [7, 11) is 2.88. The molecule has 11 heteroatoms. The molecule has 44 heavy (non-hydrogen) atoms. The average molecular weight is 633 g/mol. The van der Waals surface area contributed by atoms with Crippen LogP contribution in [-0.4, -0.2) is 77.9 Å². The van der Waals surface area contributed by atoms with Crippen molar-refractivity contribution in [3.8, 4) is 11.5 Å². The van der Waals surface area contributed by atoms with Crippen LogP contribution in [0.5, 0.6) is 11.5 Å². The molecule has 1 fully saturated rings. The van der Waals surface area contributed by atoms with Gasteiger partial charge in [0.2, 0.25) is 6.29 Å². The molecular weight excluding hydrogens is 592 g/mol. The van der Waals surface area contributed by atoms with Gasteiger partial charge < -0.3 is 44.1 Å². The van der Waals surface area contributed by atoms with Crippen molar-refractivity contribution in [3.63, 3.8) is 0 Å². The van der Waals surface area contributed by atoms with E-state index in [1.54, 1.807) is 43.5 Å². The molecule has 240 valence electrons. The lowest BCUT2D eigenvalue weighted by Gasteiger charge is -2.39. The number of aliphatic hydroxyl groups is 4. The van der Waals surface area contributed by atoms with E-state index in [2.05, 4.69) is 13.5 Å². The minimum atomic E-state index is -1.55. The third-order valence-corrected chi connectivity index (χ3v) is 7.87. The number of allylic oxidation sites excluding steroid dienone is 2. The van der Waals surface area contributed by atoms with Crippen molar-refractivity contribution in [3.05, 3.63) is 82.4 Å². The van der Waals surface area contributed by atoms with Crippen LogP contribution < -0.4 is 9.47 Å². The highest BCUT2D eigenvalue weighted by molar-refractivity contribution is 6.34. The van der Waals surface area contributed by atoms with E-state index < -0.39 is 43.3 Å². The molecule has 6 unspecified atom stereocenters. The van der Waals surface area contributed by atoms with E-state index >= 15 is 0 Å². The summed E-state index contributed by atoms with van der Waals surface area (Å²) in [5.41, 5.74) is 2.96. The summed E-state index contributed by atoms with van der Waals surface area (Å²) in [6, 6.07) is 10.3. The van der Waals surface area contributed by atoms with Crippen LogP contribution in [0.2, 0.25) is 5.02 Å². The molecule has 0 radical (unpaired) electrons. The van der Waals surface area contributed by atoms with Crippen LogP contribution in [0.3, 0.4) is 0 Å². The molecule has 1 aliphatic heterocycles. The van der Waals surface area contributed by atoms with Gasteiger partial charge in [-0.2, -0.15) is 0 Å². The fraction of sp³-hybridized carbons (Fsp3) is 0.424. The Morgan fingerprint density at radius 3 is 2.36 bits per heavy atom. The van der Waals surface area contributed by atoms with Crippen molar-refractivity contribution in [1.29, 1.82) is 0 Å². The first-order chi connectivity index (χ1) is 21.1. The zero-order valence-corrected chi connectivity index (χ0v) is 26.1. The Bertz CT molecular complexity index is 1320.